The molecule has 0 heterocycles. The molecule has 0 bridgehead atoms. The molecular formula is C15H26N2O. The zero-order chi connectivity index (χ0) is 13.0. The van der Waals surface area contributed by atoms with E-state index in [0.29, 0.717) is 24.5 Å². The van der Waals surface area contributed by atoms with E-state index < -0.39 is 5.54 Å². The van der Waals surface area contributed by atoms with E-state index in [-0.39, 0.29) is 0 Å². The summed E-state index contributed by atoms with van der Waals surface area (Å²) in [7, 11) is 1.89. The molecule has 2 rings (SSSR count). The molecule has 3 heteroatoms. The van der Waals surface area contributed by atoms with Crippen LogP contribution in [0.5, 0.6) is 0 Å². The van der Waals surface area contributed by atoms with Crippen molar-refractivity contribution in [3.8, 4) is 6.07 Å². The predicted octanol–water partition coefficient (Wildman–Crippen LogP) is 2.86. The van der Waals surface area contributed by atoms with E-state index in [0.717, 1.165) is 0 Å². The van der Waals surface area contributed by atoms with Crippen LogP contribution in [0.3, 0.4) is 0 Å². The van der Waals surface area contributed by atoms with E-state index in [4.69, 9.17) is 4.74 Å². The number of nitriles is 1. The van der Waals surface area contributed by atoms with Crippen LogP contribution in [0.25, 0.3) is 0 Å². The third-order valence-corrected chi connectivity index (χ3v) is 4.81. The van der Waals surface area contributed by atoms with Gasteiger partial charge in [-0.3, -0.25) is 0 Å². The fourth-order valence-corrected chi connectivity index (χ4v) is 3.25. The molecule has 102 valence electrons. The van der Waals surface area contributed by atoms with Crippen LogP contribution >= 0.6 is 0 Å². The second-order valence-corrected chi connectivity index (χ2v) is 5.91. The quantitative estimate of drug-likeness (QED) is 0.788. The lowest BCUT2D eigenvalue weighted by molar-refractivity contribution is -0.0336. The minimum atomic E-state index is -0.435. The smallest absolute Gasteiger partial charge is 0.132 e. The Morgan fingerprint density at radius 2 is 2.00 bits per heavy atom. The molecule has 3 unspecified atom stereocenters. The number of hydrogen-bond acceptors (Lipinski definition) is 3. The SMILES string of the molecule is CCC1CCCCC1OCC(C#N)(NC)C1CC1. The van der Waals surface area contributed by atoms with Crippen LogP contribution in [-0.4, -0.2) is 25.3 Å². The summed E-state index contributed by atoms with van der Waals surface area (Å²) in [5.74, 6) is 1.20. The highest BCUT2D eigenvalue weighted by molar-refractivity contribution is 5.15. The van der Waals surface area contributed by atoms with Gasteiger partial charge in [-0.2, -0.15) is 5.26 Å². The molecule has 0 aromatic rings. The average Bonchev–Trinajstić information content (AvgIpc) is 3.26. The minimum absolute atomic E-state index is 0.378. The second kappa shape index (κ2) is 6.04. The molecule has 18 heavy (non-hydrogen) atoms. The van der Waals surface area contributed by atoms with Crippen LogP contribution in [0.2, 0.25) is 0 Å². The fourth-order valence-electron chi connectivity index (χ4n) is 3.25. The number of ether oxygens (including phenoxy) is 1. The van der Waals surface area contributed by atoms with Crippen LogP contribution in [0, 0.1) is 23.2 Å². The standard InChI is InChI=1S/C15H26N2O/c1-3-12-6-4-5-7-14(12)18-11-15(10-16,17-2)13-8-9-13/h12-14,17H,3-9,11H2,1-2H3. The van der Waals surface area contributed by atoms with Crippen molar-refractivity contribution in [2.75, 3.05) is 13.7 Å². The average molecular weight is 250 g/mol. The van der Waals surface area contributed by atoms with Gasteiger partial charge < -0.3 is 10.1 Å². The van der Waals surface area contributed by atoms with Crippen LogP contribution in [0.1, 0.15) is 51.9 Å². The molecule has 3 nitrogen and oxygen atoms in total. The second-order valence-electron chi connectivity index (χ2n) is 5.91. The Bertz CT molecular complexity index is 308. The lowest BCUT2D eigenvalue weighted by Crippen LogP contribution is -2.49. The van der Waals surface area contributed by atoms with E-state index in [1.54, 1.807) is 0 Å². The number of rotatable bonds is 6. The maximum atomic E-state index is 9.45. The molecule has 1 N–H and O–H groups in total. The molecule has 0 radical (unpaired) electrons. The summed E-state index contributed by atoms with van der Waals surface area (Å²) < 4.78 is 6.15. The Hall–Kier alpha value is -0.590. The molecule has 0 aromatic carbocycles. The van der Waals surface area contributed by atoms with Gasteiger partial charge in [-0.15, -0.1) is 0 Å². The fraction of sp³-hybridized carbons (Fsp3) is 0.933. The first kappa shape index (κ1) is 13.8. The van der Waals surface area contributed by atoms with Gasteiger partial charge >= 0.3 is 0 Å². The summed E-state index contributed by atoms with van der Waals surface area (Å²) >= 11 is 0. The Labute approximate surface area is 111 Å². The van der Waals surface area contributed by atoms with Gasteiger partial charge in [0.05, 0.1) is 18.8 Å². The van der Waals surface area contributed by atoms with Crippen LogP contribution < -0.4 is 5.32 Å². The highest BCUT2D eigenvalue weighted by Gasteiger charge is 2.45. The number of nitrogens with zero attached hydrogens (tertiary/aromatic N) is 1. The van der Waals surface area contributed by atoms with Crippen molar-refractivity contribution in [2.45, 2.75) is 63.5 Å². The monoisotopic (exact) mass is 250 g/mol. The molecule has 0 aromatic heterocycles. The molecule has 0 amide bonds. The van der Waals surface area contributed by atoms with Gasteiger partial charge in [0, 0.05) is 0 Å². The van der Waals surface area contributed by atoms with E-state index in [1.807, 2.05) is 7.05 Å². The number of hydrogen-bond donors (Lipinski definition) is 1. The van der Waals surface area contributed by atoms with E-state index in [2.05, 4.69) is 18.3 Å². The Balaban J connectivity index is 1.90. The van der Waals surface area contributed by atoms with Crippen molar-refractivity contribution in [3.63, 3.8) is 0 Å². The maximum absolute atomic E-state index is 9.45. The predicted molar refractivity (Wildman–Crippen MR) is 72.1 cm³/mol. The summed E-state index contributed by atoms with van der Waals surface area (Å²) in [6.45, 7) is 2.81. The zero-order valence-corrected chi connectivity index (χ0v) is 11.7. The molecular weight excluding hydrogens is 224 g/mol. The first-order chi connectivity index (χ1) is 8.75. The normalized spacial score (nSPS) is 31.6. The summed E-state index contributed by atoms with van der Waals surface area (Å²) in [5, 5.41) is 12.7. The molecule has 0 aliphatic heterocycles. The number of nitrogens with one attached hydrogen (secondary N) is 1. The van der Waals surface area contributed by atoms with Crippen molar-refractivity contribution < 1.29 is 4.74 Å². The topological polar surface area (TPSA) is 45.0 Å². The van der Waals surface area contributed by atoms with Crippen LogP contribution in [-0.2, 0) is 4.74 Å². The largest absolute Gasteiger partial charge is 0.375 e. The van der Waals surface area contributed by atoms with Gasteiger partial charge in [-0.1, -0.05) is 26.2 Å². The molecule has 2 saturated carbocycles. The van der Waals surface area contributed by atoms with Gasteiger partial charge in [-0.25, -0.2) is 0 Å². The third-order valence-electron chi connectivity index (χ3n) is 4.81. The van der Waals surface area contributed by atoms with Gasteiger partial charge in [0.2, 0.25) is 0 Å². The maximum Gasteiger partial charge on any atom is 0.132 e. The van der Waals surface area contributed by atoms with Gasteiger partial charge in [0.15, 0.2) is 0 Å². The summed E-state index contributed by atoms with van der Waals surface area (Å²) in [4.78, 5) is 0. The Kier molecular flexibility index (Phi) is 4.64. The minimum Gasteiger partial charge on any atom is -0.375 e. The van der Waals surface area contributed by atoms with Gasteiger partial charge in [-0.05, 0) is 44.6 Å². The molecule has 0 saturated heterocycles. The van der Waals surface area contributed by atoms with Gasteiger partial charge in [0.1, 0.15) is 5.54 Å². The summed E-state index contributed by atoms with van der Waals surface area (Å²) in [6, 6.07) is 2.46. The summed E-state index contributed by atoms with van der Waals surface area (Å²) in [6.07, 6.45) is 9.01. The molecule has 2 aliphatic rings. The van der Waals surface area contributed by atoms with Crippen LogP contribution in [0.15, 0.2) is 0 Å². The van der Waals surface area contributed by atoms with Crippen molar-refractivity contribution in [3.05, 3.63) is 0 Å². The third kappa shape index (κ3) is 2.87. The molecule has 0 spiro atoms. The van der Waals surface area contributed by atoms with Crippen molar-refractivity contribution in [1.29, 1.82) is 5.26 Å². The van der Waals surface area contributed by atoms with E-state index in [1.165, 1.54) is 44.9 Å². The summed E-state index contributed by atoms with van der Waals surface area (Å²) in [5.41, 5.74) is -0.435. The lowest BCUT2D eigenvalue weighted by Gasteiger charge is -2.34. The number of likely N-dealkylation sites (N-methyl/N-ethyl adjacent to an activating group) is 1. The van der Waals surface area contributed by atoms with Crippen LogP contribution in [0.4, 0.5) is 0 Å². The highest BCUT2D eigenvalue weighted by Crippen LogP contribution is 2.40. The van der Waals surface area contributed by atoms with E-state index >= 15 is 0 Å². The first-order valence-electron chi connectivity index (χ1n) is 7.47. The van der Waals surface area contributed by atoms with Gasteiger partial charge in [0.25, 0.3) is 0 Å². The van der Waals surface area contributed by atoms with E-state index in [9.17, 15) is 5.26 Å². The Morgan fingerprint density at radius 3 is 2.56 bits per heavy atom. The Morgan fingerprint density at radius 1 is 1.28 bits per heavy atom. The zero-order valence-electron chi connectivity index (χ0n) is 11.7. The molecule has 3 atom stereocenters. The first-order valence-corrected chi connectivity index (χ1v) is 7.47. The molecule has 2 aliphatic carbocycles. The highest BCUT2D eigenvalue weighted by atomic mass is 16.5. The lowest BCUT2D eigenvalue weighted by atomic mass is 9.84. The van der Waals surface area contributed by atoms with Crippen molar-refractivity contribution >= 4 is 0 Å². The van der Waals surface area contributed by atoms with Crippen molar-refractivity contribution in [1.82, 2.24) is 5.32 Å². The van der Waals surface area contributed by atoms with Crippen molar-refractivity contribution in [2.24, 2.45) is 11.8 Å². The molecule has 2 fully saturated rings.